The lowest BCUT2D eigenvalue weighted by Gasteiger charge is -2.06. The molecule has 1 N–H and O–H groups in total. The van der Waals surface area contributed by atoms with Crippen LogP contribution in [0.25, 0.3) is 22.1 Å². The predicted octanol–water partition coefficient (Wildman–Crippen LogP) is 3.35. The van der Waals surface area contributed by atoms with Crippen LogP contribution in [0.2, 0.25) is 0 Å². The molecule has 20 heavy (non-hydrogen) atoms. The van der Waals surface area contributed by atoms with Crippen LogP contribution in [-0.4, -0.2) is 21.8 Å². The van der Waals surface area contributed by atoms with Gasteiger partial charge in [0.05, 0.1) is 22.1 Å². The van der Waals surface area contributed by atoms with Crippen molar-refractivity contribution in [1.29, 1.82) is 0 Å². The number of amides is 1. The number of nitrogens with one attached hydrogen (secondary N) is 1. The van der Waals surface area contributed by atoms with Gasteiger partial charge >= 0.3 is 0 Å². The van der Waals surface area contributed by atoms with E-state index in [-0.39, 0.29) is 5.91 Å². The number of halogens is 1. The van der Waals surface area contributed by atoms with Gasteiger partial charge in [-0.3, -0.25) is 4.79 Å². The van der Waals surface area contributed by atoms with Gasteiger partial charge in [-0.15, -0.1) is 11.6 Å². The van der Waals surface area contributed by atoms with Crippen LogP contribution in [0.4, 0.5) is 5.69 Å². The number of alkyl halides is 1. The average Bonchev–Trinajstić information content (AvgIpc) is 2.45. The van der Waals surface area contributed by atoms with E-state index < -0.39 is 0 Å². The lowest BCUT2D eigenvalue weighted by atomic mass is 10.2. The fourth-order valence-electron chi connectivity index (χ4n) is 2.01. The van der Waals surface area contributed by atoms with E-state index in [1.807, 2.05) is 42.5 Å². The van der Waals surface area contributed by atoms with Crippen LogP contribution in [0.5, 0.6) is 0 Å². The number of fused-ring (bicyclic) bond motifs is 2. The molecule has 5 heteroatoms. The SMILES string of the molecule is O=C(CCCl)Nc1ccc2nc3ccccc3nc2c1. The molecule has 0 saturated carbocycles. The third kappa shape index (κ3) is 2.56. The van der Waals surface area contributed by atoms with Gasteiger partial charge in [0, 0.05) is 18.0 Å². The van der Waals surface area contributed by atoms with Crippen LogP contribution in [0.1, 0.15) is 6.42 Å². The van der Waals surface area contributed by atoms with Gasteiger partial charge in [-0.2, -0.15) is 0 Å². The van der Waals surface area contributed by atoms with Crippen LogP contribution in [0.15, 0.2) is 42.5 Å². The minimum Gasteiger partial charge on any atom is -0.326 e. The van der Waals surface area contributed by atoms with Gasteiger partial charge in [-0.05, 0) is 30.3 Å². The third-order valence-corrected chi connectivity index (χ3v) is 3.13. The van der Waals surface area contributed by atoms with Crippen molar-refractivity contribution in [3.63, 3.8) is 0 Å². The Hall–Kier alpha value is -2.20. The lowest BCUT2D eigenvalue weighted by molar-refractivity contribution is -0.115. The van der Waals surface area contributed by atoms with Crippen LogP contribution >= 0.6 is 11.6 Å². The van der Waals surface area contributed by atoms with E-state index in [2.05, 4.69) is 15.3 Å². The van der Waals surface area contributed by atoms with E-state index in [0.29, 0.717) is 18.0 Å². The number of hydrogen-bond donors (Lipinski definition) is 1. The topological polar surface area (TPSA) is 54.9 Å². The molecule has 1 aromatic heterocycles. The summed E-state index contributed by atoms with van der Waals surface area (Å²) in [6, 6.07) is 13.2. The largest absolute Gasteiger partial charge is 0.326 e. The highest BCUT2D eigenvalue weighted by molar-refractivity contribution is 6.19. The molecule has 0 aliphatic heterocycles. The van der Waals surface area contributed by atoms with Gasteiger partial charge in [0.1, 0.15) is 0 Å². The highest BCUT2D eigenvalue weighted by Crippen LogP contribution is 2.19. The maximum absolute atomic E-state index is 11.5. The fraction of sp³-hybridized carbons (Fsp3) is 0.133. The first-order valence-corrected chi connectivity index (χ1v) is 6.82. The highest BCUT2D eigenvalue weighted by Gasteiger charge is 2.05. The molecule has 0 atom stereocenters. The summed E-state index contributed by atoms with van der Waals surface area (Å²) in [7, 11) is 0. The maximum atomic E-state index is 11.5. The Labute approximate surface area is 120 Å². The molecule has 0 radical (unpaired) electrons. The summed E-state index contributed by atoms with van der Waals surface area (Å²) in [5.41, 5.74) is 3.96. The van der Waals surface area contributed by atoms with E-state index in [4.69, 9.17) is 11.6 Å². The van der Waals surface area contributed by atoms with E-state index >= 15 is 0 Å². The number of carbonyl (C=O) groups is 1. The number of anilines is 1. The van der Waals surface area contributed by atoms with Crippen LogP contribution in [-0.2, 0) is 4.79 Å². The number of carbonyl (C=O) groups excluding carboxylic acids is 1. The first kappa shape index (κ1) is 12.8. The Morgan fingerprint density at radius 1 is 1.00 bits per heavy atom. The molecule has 2 aromatic carbocycles. The Morgan fingerprint density at radius 3 is 2.35 bits per heavy atom. The Kier molecular flexibility index (Phi) is 3.48. The smallest absolute Gasteiger partial charge is 0.225 e. The second-order valence-electron chi connectivity index (χ2n) is 4.40. The summed E-state index contributed by atoms with van der Waals surface area (Å²) < 4.78 is 0. The maximum Gasteiger partial charge on any atom is 0.225 e. The third-order valence-electron chi connectivity index (χ3n) is 2.94. The molecular formula is C15H12ClN3O. The zero-order valence-electron chi connectivity index (χ0n) is 10.6. The van der Waals surface area contributed by atoms with Crippen molar-refractivity contribution in [3.05, 3.63) is 42.5 Å². The van der Waals surface area contributed by atoms with Crippen LogP contribution < -0.4 is 5.32 Å². The molecule has 0 aliphatic rings. The van der Waals surface area contributed by atoms with Crippen molar-refractivity contribution in [2.75, 3.05) is 11.2 Å². The van der Waals surface area contributed by atoms with Crippen molar-refractivity contribution in [3.8, 4) is 0 Å². The van der Waals surface area contributed by atoms with Crippen molar-refractivity contribution < 1.29 is 4.79 Å². The van der Waals surface area contributed by atoms with Crippen molar-refractivity contribution in [1.82, 2.24) is 9.97 Å². The standard InChI is InChI=1S/C15H12ClN3O/c16-8-7-15(20)17-10-5-6-13-14(9-10)19-12-4-2-1-3-11(12)18-13/h1-6,9H,7-8H2,(H,17,20). The molecule has 0 aliphatic carbocycles. The summed E-state index contributed by atoms with van der Waals surface area (Å²) in [6.07, 6.45) is 0.295. The lowest BCUT2D eigenvalue weighted by Crippen LogP contribution is -2.11. The molecule has 3 aromatic rings. The molecule has 0 bridgehead atoms. The molecule has 0 spiro atoms. The molecule has 1 amide bonds. The number of hydrogen-bond acceptors (Lipinski definition) is 3. The number of nitrogens with zero attached hydrogens (tertiary/aromatic N) is 2. The first-order chi connectivity index (χ1) is 9.76. The van der Waals surface area contributed by atoms with Gasteiger partial charge in [0.2, 0.25) is 5.91 Å². The minimum absolute atomic E-state index is 0.104. The van der Waals surface area contributed by atoms with Crippen molar-refractivity contribution in [2.24, 2.45) is 0 Å². The average molecular weight is 286 g/mol. The number of para-hydroxylation sites is 2. The van der Waals surface area contributed by atoms with E-state index in [1.54, 1.807) is 0 Å². The second kappa shape index (κ2) is 5.43. The Morgan fingerprint density at radius 2 is 1.65 bits per heavy atom. The monoisotopic (exact) mass is 285 g/mol. The summed E-state index contributed by atoms with van der Waals surface area (Å²) >= 11 is 5.54. The van der Waals surface area contributed by atoms with Crippen LogP contribution in [0.3, 0.4) is 0 Å². The molecule has 100 valence electrons. The minimum atomic E-state index is -0.104. The zero-order valence-corrected chi connectivity index (χ0v) is 11.4. The molecule has 4 nitrogen and oxygen atoms in total. The molecular weight excluding hydrogens is 274 g/mol. The highest BCUT2D eigenvalue weighted by atomic mass is 35.5. The molecule has 1 heterocycles. The van der Waals surface area contributed by atoms with Gasteiger partial charge in [0.25, 0.3) is 0 Å². The molecule has 0 fully saturated rings. The van der Waals surface area contributed by atoms with Gasteiger partial charge < -0.3 is 5.32 Å². The van der Waals surface area contributed by atoms with Gasteiger partial charge in [-0.25, -0.2) is 9.97 Å². The van der Waals surface area contributed by atoms with Gasteiger partial charge in [-0.1, -0.05) is 12.1 Å². The molecule has 0 saturated heterocycles. The number of aromatic nitrogens is 2. The predicted molar refractivity (Wildman–Crippen MR) is 81.0 cm³/mol. The summed E-state index contributed by atoms with van der Waals surface area (Å²) in [5, 5.41) is 2.79. The number of rotatable bonds is 3. The second-order valence-corrected chi connectivity index (χ2v) is 4.78. The summed E-state index contributed by atoms with van der Waals surface area (Å²) in [6.45, 7) is 0. The molecule has 3 rings (SSSR count). The zero-order chi connectivity index (χ0) is 13.9. The van der Waals surface area contributed by atoms with Crippen molar-refractivity contribution in [2.45, 2.75) is 6.42 Å². The van der Waals surface area contributed by atoms with Crippen LogP contribution in [0, 0.1) is 0 Å². The van der Waals surface area contributed by atoms with E-state index in [1.165, 1.54) is 0 Å². The normalized spacial score (nSPS) is 10.8. The Balaban J connectivity index is 2.01. The fourth-order valence-corrected chi connectivity index (χ4v) is 2.18. The van der Waals surface area contributed by atoms with Gasteiger partial charge in [0.15, 0.2) is 0 Å². The van der Waals surface area contributed by atoms with E-state index in [0.717, 1.165) is 22.1 Å². The van der Waals surface area contributed by atoms with E-state index in [9.17, 15) is 4.79 Å². The van der Waals surface area contributed by atoms with Crippen molar-refractivity contribution >= 4 is 45.3 Å². The summed E-state index contributed by atoms with van der Waals surface area (Å²) in [4.78, 5) is 20.6. The number of benzene rings is 2. The summed E-state index contributed by atoms with van der Waals surface area (Å²) in [5.74, 6) is 0.206. The first-order valence-electron chi connectivity index (χ1n) is 6.28. The quantitative estimate of drug-likeness (QED) is 0.593. The Bertz CT molecular complexity index is 788. The molecule has 0 unspecified atom stereocenters.